The van der Waals surface area contributed by atoms with Gasteiger partial charge in [-0.1, -0.05) is 50.6 Å². The molecule has 5 nitrogen and oxygen atoms in total. The summed E-state index contributed by atoms with van der Waals surface area (Å²) in [6.45, 7) is 9.44. The molecule has 142 valence electrons. The first kappa shape index (κ1) is 18.8. The molecule has 1 aliphatic heterocycles. The summed E-state index contributed by atoms with van der Waals surface area (Å²) in [5.41, 5.74) is 3.19. The first-order valence-electron chi connectivity index (χ1n) is 9.08. The Morgan fingerprint density at radius 3 is 2.07 bits per heavy atom. The Balaban J connectivity index is 2.25. The molecule has 1 saturated heterocycles. The van der Waals surface area contributed by atoms with Gasteiger partial charge in [-0.15, -0.1) is 0 Å². The number of nitrogens with one attached hydrogen (secondary N) is 2. The van der Waals surface area contributed by atoms with Gasteiger partial charge in [0.1, 0.15) is 5.82 Å². The van der Waals surface area contributed by atoms with Crippen LogP contribution in [0.25, 0.3) is 5.57 Å². The maximum Gasteiger partial charge on any atom is 0.197 e. The molecule has 0 aromatic heterocycles. The number of rotatable bonds is 3. The van der Waals surface area contributed by atoms with Crippen LogP contribution in [0, 0.1) is 6.92 Å². The smallest absolute Gasteiger partial charge is 0.197 e. The van der Waals surface area contributed by atoms with Crippen molar-refractivity contribution in [1.29, 1.82) is 0 Å². The fourth-order valence-corrected chi connectivity index (χ4v) is 3.24. The molecule has 1 fully saturated rings. The lowest BCUT2D eigenvalue weighted by Crippen LogP contribution is -2.21. The van der Waals surface area contributed by atoms with Crippen LogP contribution in [0.4, 0.5) is 0 Å². The normalized spacial score (nSPS) is 13.9. The molecule has 3 rings (SSSR count). The number of aryl methyl sites for hydroxylation is 1. The van der Waals surface area contributed by atoms with Crippen LogP contribution < -0.4 is 10.6 Å². The number of carbonyl (C=O) groups is 1. The predicted molar refractivity (Wildman–Crippen MR) is 107 cm³/mol. The van der Waals surface area contributed by atoms with Gasteiger partial charge in [0.05, 0.1) is 5.57 Å². The van der Waals surface area contributed by atoms with E-state index in [1.54, 1.807) is 6.07 Å². The molecule has 0 atom stereocenters. The molecule has 0 spiro atoms. The molecule has 2 aromatic carbocycles. The molecule has 1 heterocycles. The average Bonchev–Trinajstić information content (AvgIpc) is 3.11. The number of ketones is 1. The maximum absolute atomic E-state index is 13.4. The van der Waals surface area contributed by atoms with Crippen LogP contribution in [0.5, 0.6) is 11.5 Å². The van der Waals surface area contributed by atoms with Crippen molar-refractivity contribution >= 4 is 11.4 Å². The Morgan fingerprint density at radius 2 is 1.52 bits per heavy atom. The number of phenols is 2. The highest BCUT2D eigenvalue weighted by Crippen LogP contribution is 2.39. The quantitative estimate of drug-likeness (QED) is 0.380. The Kier molecular flexibility index (Phi) is 4.87. The van der Waals surface area contributed by atoms with Gasteiger partial charge in [-0.25, -0.2) is 0 Å². The standard InChI is InChI=1S/C22H26N2O3/c1-13-5-7-14(8-6-13)20(27)19(21-23-9-10-24-21)15-11-17(25)18(26)12-16(15)22(2,3)4/h5-8,11-12,23-26H,9-10H2,1-4H3. The van der Waals surface area contributed by atoms with E-state index in [4.69, 9.17) is 0 Å². The number of aromatic hydroxyl groups is 2. The second-order valence-corrected chi connectivity index (χ2v) is 7.94. The Labute approximate surface area is 159 Å². The Bertz CT molecular complexity index is 898. The van der Waals surface area contributed by atoms with Crippen LogP contribution in [0.3, 0.4) is 0 Å². The van der Waals surface area contributed by atoms with E-state index >= 15 is 0 Å². The van der Waals surface area contributed by atoms with Crippen LogP contribution in [-0.2, 0) is 5.41 Å². The van der Waals surface area contributed by atoms with Gasteiger partial charge >= 0.3 is 0 Å². The molecule has 0 aliphatic carbocycles. The lowest BCUT2D eigenvalue weighted by Gasteiger charge is -2.25. The van der Waals surface area contributed by atoms with Gasteiger partial charge < -0.3 is 20.8 Å². The number of hydrogen-bond donors (Lipinski definition) is 4. The van der Waals surface area contributed by atoms with E-state index < -0.39 is 0 Å². The molecule has 0 bridgehead atoms. The van der Waals surface area contributed by atoms with Crippen molar-refractivity contribution in [3.05, 3.63) is 64.5 Å². The molecule has 0 unspecified atom stereocenters. The molecule has 5 heteroatoms. The van der Waals surface area contributed by atoms with E-state index in [9.17, 15) is 15.0 Å². The summed E-state index contributed by atoms with van der Waals surface area (Å²) < 4.78 is 0. The highest BCUT2D eigenvalue weighted by atomic mass is 16.3. The molecule has 27 heavy (non-hydrogen) atoms. The number of Topliss-reactive ketones (excluding diaryl/α,β-unsaturated/α-hetero) is 1. The number of benzene rings is 2. The minimum atomic E-state index is -0.335. The zero-order valence-electron chi connectivity index (χ0n) is 16.2. The van der Waals surface area contributed by atoms with E-state index in [-0.39, 0.29) is 22.7 Å². The molecule has 0 radical (unpaired) electrons. The minimum absolute atomic E-state index is 0.137. The van der Waals surface area contributed by atoms with Gasteiger partial charge in [-0.3, -0.25) is 4.79 Å². The van der Waals surface area contributed by atoms with E-state index in [1.807, 2.05) is 52.0 Å². The van der Waals surface area contributed by atoms with Crippen molar-refractivity contribution in [3.63, 3.8) is 0 Å². The number of phenolic OH excluding ortho intramolecular Hbond substituents is 2. The van der Waals surface area contributed by atoms with Crippen molar-refractivity contribution in [2.45, 2.75) is 33.1 Å². The molecule has 0 amide bonds. The van der Waals surface area contributed by atoms with E-state index in [0.29, 0.717) is 22.5 Å². The molecule has 0 saturated carbocycles. The van der Waals surface area contributed by atoms with Crippen LogP contribution in [-0.4, -0.2) is 29.1 Å². The number of carbonyl (C=O) groups excluding carboxylic acids is 1. The van der Waals surface area contributed by atoms with Gasteiger partial charge in [-0.2, -0.15) is 0 Å². The van der Waals surface area contributed by atoms with Crippen LogP contribution in [0.1, 0.15) is 47.8 Å². The predicted octanol–water partition coefficient (Wildman–Crippen LogP) is 3.45. The van der Waals surface area contributed by atoms with Crippen LogP contribution in [0.15, 0.2) is 42.2 Å². The highest BCUT2D eigenvalue weighted by molar-refractivity contribution is 6.30. The first-order valence-corrected chi connectivity index (χ1v) is 9.08. The number of hydrogen-bond acceptors (Lipinski definition) is 5. The lowest BCUT2D eigenvalue weighted by atomic mass is 9.80. The topological polar surface area (TPSA) is 81.6 Å². The Morgan fingerprint density at radius 1 is 0.963 bits per heavy atom. The van der Waals surface area contributed by atoms with E-state index in [2.05, 4.69) is 10.6 Å². The summed E-state index contributed by atoms with van der Waals surface area (Å²) in [6, 6.07) is 10.5. The average molecular weight is 366 g/mol. The van der Waals surface area contributed by atoms with Crippen molar-refractivity contribution in [3.8, 4) is 11.5 Å². The largest absolute Gasteiger partial charge is 0.504 e. The van der Waals surface area contributed by atoms with Crippen molar-refractivity contribution in [2.24, 2.45) is 0 Å². The molecular weight excluding hydrogens is 340 g/mol. The summed E-state index contributed by atoms with van der Waals surface area (Å²) in [4.78, 5) is 13.4. The highest BCUT2D eigenvalue weighted by Gasteiger charge is 2.29. The van der Waals surface area contributed by atoms with Crippen molar-refractivity contribution in [2.75, 3.05) is 13.1 Å². The lowest BCUT2D eigenvalue weighted by molar-refractivity contribution is 0.105. The van der Waals surface area contributed by atoms with Crippen molar-refractivity contribution < 1.29 is 15.0 Å². The zero-order chi connectivity index (χ0) is 19.8. The summed E-state index contributed by atoms with van der Waals surface area (Å²) in [5, 5.41) is 26.7. The summed E-state index contributed by atoms with van der Waals surface area (Å²) >= 11 is 0. The molecule has 4 N–H and O–H groups in total. The third-order valence-corrected chi connectivity index (χ3v) is 4.71. The monoisotopic (exact) mass is 366 g/mol. The van der Waals surface area contributed by atoms with Gasteiger partial charge in [0.25, 0.3) is 0 Å². The van der Waals surface area contributed by atoms with E-state index in [0.717, 1.165) is 24.2 Å². The Hall–Kier alpha value is -2.95. The third-order valence-electron chi connectivity index (χ3n) is 4.71. The summed E-state index contributed by atoms with van der Waals surface area (Å²) in [5.74, 6) is 0.0765. The zero-order valence-corrected chi connectivity index (χ0v) is 16.2. The van der Waals surface area contributed by atoms with Gasteiger partial charge in [0.15, 0.2) is 17.3 Å². The molecular formula is C22H26N2O3. The second-order valence-electron chi connectivity index (χ2n) is 7.94. The second kappa shape index (κ2) is 6.99. The summed E-state index contributed by atoms with van der Waals surface area (Å²) in [7, 11) is 0. The third kappa shape index (κ3) is 3.77. The van der Waals surface area contributed by atoms with Gasteiger partial charge in [0, 0.05) is 18.7 Å². The fourth-order valence-electron chi connectivity index (χ4n) is 3.24. The minimum Gasteiger partial charge on any atom is -0.504 e. The summed E-state index contributed by atoms with van der Waals surface area (Å²) in [6.07, 6.45) is 0. The van der Waals surface area contributed by atoms with Gasteiger partial charge in [0.2, 0.25) is 0 Å². The fraction of sp³-hybridized carbons (Fsp3) is 0.318. The van der Waals surface area contributed by atoms with Crippen molar-refractivity contribution in [1.82, 2.24) is 10.6 Å². The van der Waals surface area contributed by atoms with Crippen LogP contribution in [0.2, 0.25) is 0 Å². The van der Waals surface area contributed by atoms with E-state index in [1.165, 1.54) is 6.07 Å². The number of allylic oxidation sites excluding steroid dienone is 1. The first-order chi connectivity index (χ1) is 12.7. The van der Waals surface area contributed by atoms with Crippen LogP contribution >= 0.6 is 0 Å². The molecule has 2 aromatic rings. The SMILES string of the molecule is Cc1ccc(C(=O)C(=C2NCCN2)c2cc(O)c(O)cc2C(C)(C)C)cc1. The van der Waals surface area contributed by atoms with Gasteiger partial charge in [-0.05, 0) is 35.6 Å². The maximum atomic E-state index is 13.4. The molecule has 1 aliphatic rings.